The summed E-state index contributed by atoms with van der Waals surface area (Å²) in [4.78, 5) is 12.9. The zero-order chi connectivity index (χ0) is 13.5. The maximum absolute atomic E-state index is 11.7. The van der Waals surface area contributed by atoms with Crippen LogP contribution in [-0.2, 0) is 0 Å². The molecule has 3 nitrogen and oxygen atoms in total. The fourth-order valence-electron chi connectivity index (χ4n) is 2.26. The van der Waals surface area contributed by atoms with Crippen LogP contribution in [0.5, 0.6) is 0 Å². The molecule has 1 aliphatic carbocycles. The third-order valence-corrected chi connectivity index (χ3v) is 4.68. The summed E-state index contributed by atoms with van der Waals surface area (Å²) >= 11 is 1.90. The second-order valence-electron chi connectivity index (χ2n) is 4.90. The van der Waals surface area contributed by atoms with Crippen molar-refractivity contribution in [3.05, 3.63) is 24.3 Å². The fourth-order valence-corrected chi connectivity index (χ4v) is 3.59. The first kappa shape index (κ1) is 14.3. The van der Waals surface area contributed by atoms with E-state index in [0.717, 1.165) is 12.1 Å². The third-order valence-electron chi connectivity index (χ3n) is 3.27. The molecule has 0 spiro atoms. The van der Waals surface area contributed by atoms with Crippen LogP contribution in [0, 0.1) is 0 Å². The number of hydrogen-bond acceptors (Lipinski definition) is 2. The Kier molecular flexibility index (Phi) is 5.58. The summed E-state index contributed by atoms with van der Waals surface area (Å²) in [5.41, 5.74) is 0.924. The molecule has 0 saturated heterocycles. The number of benzene rings is 1. The van der Waals surface area contributed by atoms with Gasteiger partial charge in [-0.15, -0.1) is 11.8 Å². The highest BCUT2D eigenvalue weighted by molar-refractivity contribution is 8.00. The van der Waals surface area contributed by atoms with E-state index >= 15 is 0 Å². The molecule has 2 amide bonds. The quantitative estimate of drug-likeness (QED) is 0.845. The van der Waals surface area contributed by atoms with Crippen molar-refractivity contribution >= 4 is 23.5 Å². The lowest BCUT2D eigenvalue weighted by atomic mass is 10.3. The minimum absolute atomic E-state index is 0.110. The van der Waals surface area contributed by atoms with Crippen LogP contribution in [0.3, 0.4) is 0 Å². The molecule has 104 valence electrons. The number of urea groups is 1. The van der Waals surface area contributed by atoms with E-state index in [2.05, 4.69) is 16.7 Å². The molecule has 0 aliphatic heterocycles. The van der Waals surface area contributed by atoms with Gasteiger partial charge in [0.1, 0.15) is 0 Å². The lowest BCUT2D eigenvalue weighted by Gasteiger charge is -2.14. The average molecular weight is 278 g/mol. The lowest BCUT2D eigenvalue weighted by Crippen LogP contribution is -2.29. The van der Waals surface area contributed by atoms with Gasteiger partial charge in [0.15, 0.2) is 0 Å². The second kappa shape index (κ2) is 7.43. The highest BCUT2D eigenvalue weighted by atomic mass is 32.2. The summed E-state index contributed by atoms with van der Waals surface area (Å²) in [7, 11) is 0. The van der Waals surface area contributed by atoms with Crippen LogP contribution in [0.1, 0.15) is 39.0 Å². The van der Waals surface area contributed by atoms with Crippen LogP contribution in [0.15, 0.2) is 29.2 Å². The van der Waals surface area contributed by atoms with Crippen molar-refractivity contribution in [3.63, 3.8) is 0 Å². The summed E-state index contributed by atoms with van der Waals surface area (Å²) in [5.74, 6) is 0. The third kappa shape index (κ3) is 4.46. The van der Waals surface area contributed by atoms with Gasteiger partial charge in [-0.1, -0.05) is 31.9 Å². The van der Waals surface area contributed by atoms with E-state index in [1.807, 2.05) is 36.9 Å². The van der Waals surface area contributed by atoms with Crippen molar-refractivity contribution < 1.29 is 4.79 Å². The average Bonchev–Trinajstić information content (AvgIpc) is 2.91. The number of amides is 2. The largest absolute Gasteiger partial charge is 0.338 e. The van der Waals surface area contributed by atoms with E-state index < -0.39 is 0 Å². The molecule has 0 heterocycles. The minimum atomic E-state index is -0.110. The first-order valence-electron chi connectivity index (χ1n) is 7.10. The van der Waals surface area contributed by atoms with E-state index in [-0.39, 0.29) is 6.03 Å². The maximum Gasteiger partial charge on any atom is 0.319 e. The lowest BCUT2D eigenvalue weighted by molar-refractivity contribution is 0.252. The van der Waals surface area contributed by atoms with Gasteiger partial charge in [0.2, 0.25) is 0 Å². The molecule has 1 aromatic rings. The van der Waals surface area contributed by atoms with Gasteiger partial charge in [-0.2, -0.15) is 0 Å². The number of hydrogen-bond donors (Lipinski definition) is 2. The minimum Gasteiger partial charge on any atom is -0.338 e. The number of carbonyl (C=O) groups is 1. The number of rotatable bonds is 5. The van der Waals surface area contributed by atoms with Gasteiger partial charge < -0.3 is 10.6 Å². The number of carbonyl (C=O) groups excluding carboxylic acids is 1. The zero-order valence-corrected chi connectivity index (χ0v) is 12.3. The van der Waals surface area contributed by atoms with Crippen molar-refractivity contribution in [1.82, 2.24) is 5.32 Å². The summed E-state index contributed by atoms with van der Waals surface area (Å²) in [5, 5.41) is 6.50. The van der Waals surface area contributed by atoms with Gasteiger partial charge in [-0.05, 0) is 31.4 Å². The Morgan fingerprint density at radius 1 is 1.32 bits per heavy atom. The van der Waals surface area contributed by atoms with Gasteiger partial charge >= 0.3 is 6.03 Å². The predicted octanol–water partition coefficient (Wildman–Crippen LogP) is 4.25. The van der Waals surface area contributed by atoms with E-state index in [1.54, 1.807) is 0 Å². The predicted molar refractivity (Wildman–Crippen MR) is 81.9 cm³/mol. The Bertz CT molecular complexity index is 416. The van der Waals surface area contributed by atoms with E-state index in [4.69, 9.17) is 0 Å². The van der Waals surface area contributed by atoms with Crippen molar-refractivity contribution in [2.75, 3.05) is 11.9 Å². The summed E-state index contributed by atoms with van der Waals surface area (Å²) in [6.45, 7) is 2.76. The Hall–Kier alpha value is -1.16. The molecule has 1 aromatic carbocycles. The molecule has 2 rings (SSSR count). The maximum atomic E-state index is 11.7. The van der Waals surface area contributed by atoms with Crippen LogP contribution >= 0.6 is 11.8 Å². The fraction of sp³-hybridized carbons (Fsp3) is 0.533. The van der Waals surface area contributed by atoms with Gasteiger partial charge in [-0.25, -0.2) is 4.79 Å². The topological polar surface area (TPSA) is 41.1 Å². The Balaban J connectivity index is 1.97. The van der Waals surface area contributed by atoms with Gasteiger partial charge in [-0.3, -0.25) is 0 Å². The van der Waals surface area contributed by atoms with Gasteiger partial charge in [0, 0.05) is 16.7 Å². The normalized spacial score (nSPS) is 15.4. The van der Waals surface area contributed by atoms with Crippen LogP contribution < -0.4 is 10.6 Å². The Morgan fingerprint density at radius 3 is 2.79 bits per heavy atom. The van der Waals surface area contributed by atoms with Crippen LogP contribution in [0.4, 0.5) is 10.5 Å². The number of thioether (sulfide) groups is 1. The zero-order valence-electron chi connectivity index (χ0n) is 11.4. The molecule has 0 radical (unpaired) electrons. The molecule has 19 heavy (non-hydrogen) atoms. The van der Waals surface area contributed by atoms with Crippen LogP contribution in [-0.4, -0.2) is 17.8 Å². The van der Waals surface area contributed by atoms with Crippen molar-refractivity contribution in [3.8, 4) is 0 Å². The number of anilines is 1. The Morgan fingerprint density at radius 2 is 2.05 bits per heavy atom. The molecule has 1 saturated carbocycles. The number of nitrogens with one attached hydrogen (secondary N) is 2. The van der Waals surface area contributed by atoms with E-state index in [0.29, 0.717) is 11.8 Å². The molecule has 2 N–H and O–H groups in total. The smallest absolute Gasteiger partial charge is 0.319 e. The first-order valence-corrected chi connectivity index (χ1v) is 7.98. The molecular weight excluding hydrogens is 256 g/mol. The SMILES string of the molecule is CCCNC(=O)Nc1ccccc1SC1CCCC1. The summed E-state index contributed by atoms with van der Waals surface area (Å²) in [6.07, 6.45) is 6.21. The van der Waals surface area contributed by atoms with Crippen LogP contribution in [0.25, 0.3) is 0 Å². The molecule has 1 aliphatic rings. The molecule has 0 bridgehead atoms. The first-order chi connectivity index (χ1) is 9.29. The van der Waals surface area contributed by atoms with Gasteiger partial charge in [0.05, 0.1) is 5.69 Å². The second-order valence-corrected chi connectivity index (χ2v) is 6.24. The monoisotopic (exact) mass is 278 g/mol. The van der Waals surface area contributed by atoms with E-state index in [1.165, 1.54) is 30.6 Å². The van der Waals surface area contributed by atoms with Crippen molar-refractivity contribution in [1.29, 1.82) is 0 Å². The van der Waals surface area contributed by atoms with Crippen molar-refractivity contribution in [2.24, 2.45) is 0 Å². The van der Waals surface area contributed by atoms with Crippen LogP contribution in [0.2, 0.25) is 0 Å². The van der Waals surface area contributed by atoms with E-state index in [9.17, 15) is 4.79 Å². The van der Waals surface area contributed by atoms with Crippen molar-refractivity contribution in [2.45, 2.75) is 49.2 Å². The highest BCUT2D eigenvalue weighted by Crippen LogP contribution is 2.37. The molecule has 0 aromatic heterocycles. The standard InChI is InChI=1S/C15H22N2OS/c1-2-11-16-15(18)17-13-9-5-6-10-14(13)19-12-7-3-4-8-12/h5-6,9-10,12H,2-4,7-8,11H2,1H3,(H2,16,17,18). The molecule has 0 unspecified atom stereocenters. The molecule has 4 heteroatoms. The summed E-state index contributed by atoms with van der Waals surface area (Å²) < 4.78 is 0. The number of para-hydroxylation sites is 1. The molecular formula is C15H22N2OS. The highest BCUT2D eigenvalue weighted by Gasteiger charge is 2.17. The Labute approximate surface area is 119 Å². The summed E-state index contributed by atoms with van der Waals surface area (Å²) in [6, 6.07) is 7.96. The molecule has 0 atom stereocenters. The van der Waals surface area contributed by atoms with Gasteiger partial charge in [0.25, 0.3) is 0 Å². The molecule has 1 fully saturated rings.